The maximum atomic E-state index is 6.05. The number of nitrogens with zero attached hydrogens (tertiary/aromatic N) is 1. The predicted octanol–water partition coefficient (Wildman–Crippen LogP) is 6.15. The fourth-order valence-electron chi connectivity index (χ4n) is 3.17. The zero-order chi connectivity index (χ0) is 16.8. The molecule has 1 rings (SSSR count). The zero-order valence-corrected chi connectivity index (χ0v) is 15.7. The van der Waals surface area contributed by atoms with Crippen LogP contribution in [0.1, 0.15) is 72.1 Å². The molecule has 0 unspecified atom stereocenters. The summed E-state index contributed by atoms with van der Waals surface area (Å²) in [6.45, 7) is 10.7. The first kappa shape index (κ1) is 20.2. The van der Waals surface area contributed by atoms with Crippen LogP contribution in [-0.4, -0.2) is 26.4 Å². The van der Waals surface area contributed by atoms with E-state index in [9.17, 15) is 0 Å². The molecule has 0 heterocycles. The molecule has 2 nitrogen and oxygen atoms in total. The number of ether oxygens (including phenoxy) is 1. The van der Waals surface area contributed by atoms with E-state index < -0.39 is 0 Å². The van der Waals surface area contributed by atoms with Crippen LogP contribution in [0.15, 0.2) is 30.3 Å². The van der Waals surface area contributed by atoms with Crippen molar-refractivity contribution in [1.82, 2.24) is 4.48 Å². The molecule has 132 valence electrons. The number of unbranched alkanes of at least 4 members (excludes halogenated alkanes) is 7. The van der Waals surface area contributed by atoms with Gasteiger partial charge in [-0.3, -0.25) is 4.48 Å². The van der Waals surface area contributed by atoms with Crippen LogP contribution < -0.4 is 4.48 Å². The lowest BCUT2D eigenvalue weighted by atomic mass is 10.1. The van der Waals surface area contributed by atoms with Gasteiger partial charge >= 0.3 is 0 Å². The molecule has 0 aromatic heterocycles. The highest BCUT2D eigenvalue weighted by molar-refractivity contribution is 5.41. The molecule has 0 N–H and O–H groups in total. The Kier molecular flexibility index (Phi) is 11.0. The molecule has 0 aliphatic rings. The van der Waals surface area contributed by atoms with Crippen molar-refractivity contribution in [3.8, 4) is 0 Å². The summed E-state index contributed by atoms with van der Waals surface area (Å²) in [5, 5.41) is 0. The van der Waals surface area contributed by atoms with Gasteiger partial charge in [-0.15, -0.1) is 0 Å². The summed E-state index contributed by atoms with van der Waals surface area (Å²) in [6, 6.07) is 10.8. The first-order valence-electron chi connectivity index (χ1n) is 9.78. The fraction of sp³-hybridized carbons (Fsp3) is 0.714. The second-order valence-electron chi connectivity index (χ2n) is 6.63. The minimum atomic E-state index is 0.799. The summed E-state index contributed by atoms with van der Waals surface area (Å²) in [6.07, 6.45) is 10.8. The maximum absolute atomic E-state index is 6.05. The van der Waals surface area contributed by atoms with Crippen LogP contribution in [0, 0.1) is 0 Å². The second kappa shape index (κ2) is 12.5. The number of rotatable bonds is 14. The van der Waals surface area contributed by atoms with Gasteiger partial charge in [0.2, 0.25) is 0 Å². The number of quaternary nitrogens is 1. The Morgan fingerprint density at radius 3 is 1.87 bits per heavy atom. The predicted molar refractivity (Wildman–Crippen MR) is 103 cm³/mol. The second-order valence-corrected chi connectivity index (χ2v) is 6.63. The van der Waals surface area contributed by atoms with Gasteiger partial charge in [0.05, 0.1) is 19.7 Å². The maximum Gasteiger partial charge on any atom is 0.187 e. The van der Waals surface area contributed by atoms with E-state index in [1.165, 1.54) is 57.1 Å². The third-order valence-corrected chi connectivity index (χ3v) is 5.00. The van der Waals surface area contributed by atoms with Crippen LogP contribution in [0.5, 0.6) is 0 Å². The van der Waals surface area contributed by atoms with Crippen molar-refractivity contribution in [3.05, 3.63) is 30.3 Å². The van der Waals surface area contributed by atoms with Crippen molar-refractivity contribution >= 4 is 5.69 Å². The summed E-state index contributed by atoms with van der Waals surface area (Å²) in [4.78, 5) is 0. The van der Waals surface area contributed by atoms with Crippen LogP contribution in [-0.2, 0) is 4.74 Å². The molecular weight excluding hydrogens is 282 g/mol. The summed E-state index contributed by atoms with van der Waals surface area (Å²) < 4.78 is 6.98. The summed E-state index contributed by atoms with van der Waals surface area (Å²) >= 11 is 0. The zero-order valence-electron chi connectivity index (χ0n) is 15.7. The van der Waals surface area contributed by atoms with Gasteiger partial charge in [0.25, 0.3) is 0 Å². The quantitative estimate of drug-likeness (QED) is 0.227. The van der Waals surface area contributed by atoms with E-state index in [2.05, 4.69) is 51.1 Å². The van der Waals surface area contributed by atoms with Crippen LogP contribution in [0.3, 0.4) is 0 Å². The van der Waals surface area contributed by atoms with Gasteiger partial charge in [0.15, 0.2) is 6.73 Å². The van der Waals surface area contributed by atoms with Crippen LogP contribution in [0.25, 0.3) is 0 Å². The first-order chi connectivity index (χ1) is 11.3. The molecule has 1 aromatic carbocycles. The molecule has 0 spiro atoms. The lowest BCUT2D eigenvalue weighted by molar-refractivity contribution is 0.0355. The topological polar surface area (TPSA) is 9.23 Å². The van der Waals surface area contributed by atoms with Gasteiger partial charge in [-0.25, -0.2) is 0 Å². The molecule has 1 aromatic rings. The average molecular weight is 321 g/mol. The van der Waals surface area contributed by atoms with Crippen molar-refractivity contribution in [2.45, 2.75) is 72.1 Å². The molecule has 0 fully saturated rings. The van der Waals surface area contributed by atoms with Crippen LogP contribution in [0.2, 0.25) is 0 Å². The van der Waals surface area contributed by atoms with Gasteiger partial charge in [-0.05, 0) is 32.4 Å². The molecule has 0 saturated heterocycles. The Bertz CT molecular complexity index is 373. The largest absolute Gasteiger partial charge is 0.331 e. The van der Waals surface area contributed by atoms with Crippen molar-refractivity contribution in [3.63, 3.8) is 0 Å². The molecule has 2 heteroatoms. The van der Waals surface area contributed by atoms with E-state index >= 15 is 0 Å². The molecule has 0 saturated carbocycles. The highest BCUT2D eigenvalue weighted by Crippen LogP contribution is 2.22. The Morgan fingerprint density at radius 1 is 0.739 bits per heavy atom. The fourth-order valence-corrected chi connectivity index (χ4v) is 3.17. The molecule has 0 aliphatic carbocycles. The van der Waals surface area contributed by atoms with Gasteiger partial charge in [0, 0.05) is 0 Å². The number of benzene rings is 1. The standard InChI is InChI=1S/C21H38NO/c1-4-7-8-9-10-11-12-16-19-23-20-22(5-2,6-3)21-17-14-13-15-18-21/h13-15,17-18H,4-12,16,19-20H2,1-3H3/q+1. The molecule has 23 heavy (non-hydrogen) atoms. The highest BCUT2D eigenvalue weighted by Gasteiger charge is 2.26. The monoisotopic (exact) mass is 320 g/mol. The highest BCUT2D eigenvalue weighted by atomic mass is 16.5. The lowest BCUT2D eigenvalue weighted by Crippen LogP contribution is -2.50. The summed E-state index contributed by atoms with van der Waals surface area (Å²) in [5.41, 5.74) is 1.37. The molecule has 0 aliphatic heterocycles. The van der Waals surface area contributed by atoms with Gasteiger partial charge in [-0.1, -0.05) is 70.1 Å². The van der Waals surface area contributed by atoms with Crippen molar-refractivity contribution < 1.29 is 4.74 Å². The third-order valence-electron chi connectivity index (χ3n) is 5.00. The average Bonchev–Trinajstić information content (AvgIpc) is 2.61. The molecule has 0 atom stereocenters. The molecule has 0 radical (unpaired) electrons. The summed E-state index contributed by atoms with van der Waals surface area (Å²) in [7, 11) is 0. The Balaban J connectivity index is 2.19. The van der Waals surface area contributed by atoms with E-state index in [4.69, 9.17) is 4.74 Å². The minimum Gasteiger partial charge on any atom is -0.331 e. The smallest absolute Gasteiger partial charge is 0.187 e. The van der Waals surface area contributed by atoms with Gasteiger partial charge in [0.1, 0.15) is 5.69 Å². The first-order valence-corrected chi connectivity index (χ1v) is 9.78. The number of hydrogen-bond donors (Lipinski definition) is 0. The Labute approximate surface area is 144 Å². The molecule has 0 amide bonds. The molecular formula is C21H38NO+. The Morgan fingerprint density at radius 2 is 1.30 bits per heavy atom. The van der Waals surface area contributed by atoms with Crippen LogP contribution in [0.4, 0.5) is 5.69 Å². The van der Waals surface area contributed by atoms with E-state index in [-0.39, 0.29) is 0 Å². The van der Waals surface area contributed by atoms with Crippen molar-refractivity contribution in [1.29, 1.82) is 0 Å². The van der Waals surface area contributed by atoms with Crippen molar-refractivity contribution in [2.24, 2.45) is 0 Å². The Hall–Kier alpha value is -0.860. The van der Waals surface area contributed by atoms with Gasteiger partial charge < -0.3 is 4.74 Å². The summed E-state index contributed by atoms with van der Waals surface area (Å²) in [5.74, 6) is 0. The molecule has 0 bridgehead atoms. The minimum absolute atomic E-state index is 0.799. The van der Waals surface area contributed by atoms with Crippen molar-refractivity contribution in [2.75, 3.05) is 26.4 Å². The van der Waals surface area contributed by atoms with E-state index in [0.717, 1.165) is 30.9 Å². The SMILES string of the molecule is CCCCCCCCCCOC[N+](CC)(CC)c1ccccc1. The van der Waals surface area contributed by atoms with E-state index in [0.29, 0.717) is 0 Å². The van der Waals surface area contributed by atoms with E-state index in [1.54, 1.807) is 0 Å². The number of para-hydroxylation sites is 1. The van der Waals surface area contributed by atoms with E-state index in [1.807, 2.05) is 0 Å². The number of hydrogen-bond acceptors (Lipinski definition) is 1. The normalized spacial score (nSPS) is 11.8. The third kappa shape index (κ3) is 7.50. The van der Waals surface area contributed by atoms with Crippen LogP contribution >= 0.6 is 0 Å². The van der Waals surface area contributed by atoms with Gasteiger partial charge in [-0.2, -0.15) is 0 Å². The lowest BCUT2D eigenvalue weighted by Gasteiger charge is -2.35.